The van der Waals surface area contributed by atoms with E-state index in [1.165, 1.54) is 17.3 Å². The van der Waals surface area contributed by atoms with Crippen LogP contribution in [0.15, 0.2) is 62.6 Å². The van der Waals surface area contributed by atoms with Crippen molar-refractivity contribution in [2.75, 3.05) is 12.4 Å². The van der Waals surface area contributed by atoms with Crippen molar-refractivity contribution in [1.29, 1.82) is 0 Å². The Morgan fingerprint density at radius 1 is 1.04 bits per heavy atom. The van der Waals surface area contributed by atoms with Crippen LogP contribution in [0, 0.1) is 6.92 Å². The minimum atomic E-state index is 0.255. The van der Waals surface area contributed by atoms with Crippen molar-refractivity contribution >= 4 is 27.7 Å². The molecule has 0 spiro atoms. The molecule has 0 bridgehead atoms. The second-order valence-electron chi connectivity index (χ2n) is 5.22. The van der Waals surface area contributed by atoms with Gasteiger partial charge in [0.15, 0.2) is 6.61 Å². The zero-order valence-electron chi connectivity index (χ0n) is 13.6. The van der Waals surface area contributed by atoms with Gasteiger partial charge in [-0.25, -0.2) is 0 Å². The Morgan fingerprint density at radius 3 is 2.68 bits per heavy atom. The smallest absolute Gasteiger partial charge is 0.276 e. The average molecular weight is 421 g/mol. The highest BCUT2D eigenvalue weighted by Crippen LogP contribution is 2.20. The molecule has 0 saturated carbocycles. The summed E-state index contributed by atoms with van der Waals surface area (Å²) in [7, 11) is 0. The highest BCUT2D eigenvalue weighted by molar-refractivity contribution is 9.10. The van der Waals surface area contributed by atoms with E-state index < -0.39 is 0 Å². The summed E-state index contributed by atoms with van der Waals surface area (Å²) in [5.74, 6) is 2.77. The molecule has 7 heteroatoms. The number of aromatic nitrogens is 2. The maximum atomic E-state index is 5.66. The summed E-state index contributed by atoms with van der Waals surface area (Å²) in [6.45, 7) is 2.84. The monoisotopic (exact) mass is 420 g/mol. The van der Waals surface area contributed by atoms with E-state index in [0.717, 1.165) is 16.0 Å². The van der Waals surface area contributed by atoms with Crippen molar-refractivity contribution in [3.63, 3.8) is 0 Å². The van der Waals surface area contributed by atoms with E-state index in [4.69, 9.17) is 13.9 Å². The number of hydrogen-bond donors (Lipinski definition) is 0. The van der Waals surface area contributed by atoms with Crippen molar-refractivity contribution in [2.24, 2.45) is 0 Å². The molecule has 5 nitrogen and oxygen atoms in total. The lowest BCUT2D eigenvalue weighted by Crippen LogP contribution is -1.99. The second kappa shape index (κ2) is 8.92. The Kier molecular flexibility index (Phi) is 6.36. The number of nitrogens with zero attached hydrogens (tertiary/aromatic N) is 2. The van der Waals surface area contributed by atoms with Crippen LogP contribution in [0.1, 0.15) is 11.5 Å². The first-order valence-corrected chi connectivity index (χ1v) is 9.50. The second-order valence-corrected chi connectivity index (χ2v) is 7.18. The van der Waals surface area contributed by atoms with Crippen LogP contribution in [-0.4, -0.2) is 22.6 Å². The lowest BCUT2D eigenvalue weighted by molar-refractivity contribution is 0.252. The van der Waals surface area contributed by atoms with Crippen LogP contribution in [0.2, 0.25) is 0 Å². The van der Waals surface area contributed by atoms with Crippen LogP contribution in [0.5, 0.6) is 11.5 Å². The quantitative estimate of drug-likeness (QED) is 0.381. The van der Waals surface area contributed by atoms with Gasteiger partial charge >= 0.3 is 0 Å². The Balaban J connectivity index is 1.40. The van der Waals surface area contributed by atoms with Crippen molar-refractivity contribution in [1.82, 2.24) is 10.2 Å². The molecule has 0 aliphatic heterocycles. The van der Waals surface area contributed by atoms with Crippen LogP contribution in [0.4, 0.5) is 0 Å². The zero-order valence-corrected chi connectivity index (χ0v) is 16.0. The van der Waals surface area contributed by atoms with Crippen LogP contribution in [-0.2, 0) is 6.61 Å². The van der Waals surface area contributed by atoms with Gasteiger partial charge in [-0.1, -0.05) is 51.5 Å². The molecule has 0 radical (unpaired) electrons. The number of hydrogen-bond acceptors (Lipinski definition) is 6. The maximum absolute atomic E-state index is 5.66. The molecular weight excluding hydrogens is 404 g/mol. The van der Waals surface area contributed by atoms with E-state index in [-0.39, 0.29) is 6.61 Å². The highest BCUT2D eigenvalue weighted by Gasteiger charge is 2.07. The molecule has 1 heterocycles. The van der Waals surface area contributed by atoms with Crippen LogP contribution >= 0.6 is 27.7 Å². The molecule has 130 valence electrons. The average Bonchev–Trinajstić information content (AvgIpc) is 3.06. The first-order chi connectivity index (χ1) is 12.2. The van der Waals surface area contributed by atoms with E-state index in [0.29, 0.717) is 23.5 Å². The summed E-state index contributed by atoms with van der Waals surface area (Å²) in [6, 6.07) is 15.6. The molecule has 0 atom stereocenters. The lowest BCUT2D eigenvalue weighted by atomic mass is 10.2. The summed E-state index contributed by atoms with van der Waals surface area (Å²) in [5.41, 5.74) is 1.19. The van der Waals surface area contributed by atoms with E-state index in [9.17, 15) is 0 Å². The summed E-state index contributed by atoms with van der Waals surface area (Å²) in [4.78, 5) is 0. The summed E-state index contributed by atoms with van der Waals surface area (Å²) in [5, 5.41) is 8.51. The number of aryl methyl sites for hydroxylation is 1. The molecule has 3 aromatic rings. The van der Waals surface area contributed by atoms with Gasteiger partial charge in [-0.2, -0.15) is 0 Å². The Hall–Kier alpha value is -1.99. The third-order valence-corrected chi connectivity index (χ3v) is 4.48. The zero-order chi connectivity index (χ0) is 17.5. The molecule has 0 aliphatic carbocycles. The number of thioether (sulfide) groups is 1. The number of rotatable bonds is 8. The van der Waals surface area contributed by atoms with E-state index in [1.54, 1.807) is 0 Å². The fourth-order valence-electron chi connectivity index (χ4n) is 1.98. The van der Waals surface area contributed by atoms with Gasteiger partial charge in [0.1, 0.15) is 11.5 Å². The highest BCUT2D eigenvalue weighted by atomic mass is 79.9. The molecule has 2 aromatic carbocycles. The molecule has 3 rings (SSSR count). The predicted molar refractivity (Wildman–Crippen MR) is 100 cm³/mol. The molecular formula is C18H17BrN2O3S. The van der Waals surface area contributed by atoms with Gasteiger partial charge in [0.05, 0.1) is 6.61 Å². The predicted octanol–water partition coefficient (Wildman–Crippen LogP) is 4.89. The first kappa shape index (κ1) is 17.8. The van der Waals surface area contributed by atoms with Gasteiger partial charge in [0.2, 0.25) is 0 Å². The van der Waals surface area contributed by atoms with Crippen molar-refractivity contribution in [3.05, 3.63) is 64.5 Å². The molecule has 0 N–H and O–H groups in total. The fraction of sp³-hybridized carbons (Fsp3) is 0.222. The Labute approximate surface area is 158 Å². The lowest BCUT2D eigenvalue weighted by Gasteiger charge is -2.04. The summed E-state index contributed by atoms with van der Waals surface area (Å²) < 4.78 is 17.8. The molecule has 0 amide bonds. The van der Waals surface area contributed by atoms with Gasteiger partial charge in [0, 0.05) is 10.2 Å². The third kappa shape index (κ3) is 5.79. The summed E-state index contributed by atoms with van der Waals surface area (Å²) in [6.07, 6.45) is 0. The van der Waals surface area contributed by atoms with E-state index in [1.807, 2.05) is 55.5 Å². The van der Waals surface area contributed by atoms with Crippen molar-refractivity contribution < 1.29 is 13.9 Å². The van der Waals surface area contributed by atoms with E-state index >= 15 is 0 Å². The molecule has 1 aromatic heterocycles. The van der Waals surface area contributed by atoms with E-state index in [2.05, 4.69) is 26.1 Å². The number of halogens is 1. The maximum Gasteiger partial charge on any atom is 0.276 e. The molecule has 0 fully saturated rings. The third-order valence-electron chi connectivity index (χ3n) is 3.21. The Bertz CT molecular complexity index is 808. The van der Waals surface area contributed by atoms with Gasteiger partial charge < -0.3 is 13.9 Å². The Morgan fingerprint density at radius 2 is 1.88 bits per heavy atom. The largest absolute Gasteiger partial charge is 0.493 e. The normalized spacial score (nSPS) is 10.6. The van der Waals surface area contributed by atoms with Crippen LogP contribution in [0.3, 0.4) is 0 Å². The van der Waals surface area contributed by atoms with Gasteiger partial charge in [0.25, 0.3) is 11.1 Å². The van der Waals surface area contributed by atoms with Crippen LogP contribution < -0.4 is 9.47 Å². The standard InChI is InChI=1S/C18H17BrN2O3S/c1-13-5-7-15(8-6-13)23-12-17-20-21-18(24-17)25-10-9-22-16-4-2-3-14(19)11-16/h2-8,11H,9-10,12H2,1H3. The molecule has 0 saturated heterocycles. The van der Waals surface area contributed by atoms with Crippen molar-refractivity contribution in [3.8, 4) is 11.5 Å². The molecule has 0 aliphatic rings. The fourth-order valence-corrected chi connectivity index (χ4v) is 2.95. The molecule has 0 unspecified atom stereocenters. The van der Waals surface area contributed by atoms with Crippen molar-refractivity contribution in [2.45, 2.75) is 18.8 Å². The summed E-state index contributed by atoms with van der Waals surface area (Å²) >= 11 is 4.87. The number of ether oxygens (including phenoxy) is 2. The van der Waals surface area contributed by atoms with Crippen LogP contribution in [0.25, 0.3) is 0 Å². The first-order valence-electron chi connectivity index (χ1n) is 7.72. The topological polar surface area (TPSA) is 57.4 Å². The number of benzene rings is 2. The van der Waals surface area contributed by atoms with Gasteiger partial charge in [-0.15, -0.1) is 10.2 Å². The minimum Gasteiger partial charge on any atom is -0.493 e. The molecule has 25 heavy (non-hydrogen) atoms. The minimum absolute atomic E-state index is 0.255. The van der Waals surface area contributed by atoms with Gasteiger partial charge in [-0.3, -0.25) is 0 Å². The van der Waals surface area contributed by atoms with Gasteiger partial charge in [-0.05, 0) is 37.3 Å². The SMILES string of the molecule is Cc1ccc(OCc2nnc(SCCOc3cccc(Br)c3)o2)cc1.